The summed E-state index contributed by atoms with van der Waals surface area (Å²) in [5.74, 6) is -0.0961. The van der Waals surface area contributed by atoms with Crippen molar-refractivity contribution in [1.82, 2.24) is 10.4 Å². The molecule has 0 atom stereocenters. The monoisotopic (exact) mass is 398 g/mol. The second-order valence-electron chi connectivity index (χ2n) is 5.73. The molecule has 8 heteroatoms. The molecular formula is C19H18N4O2S2. The summed E-state index contributed by atoms with van der Waals surface area (Å²) in [7, 11) is 0. The highest BCUT2D eigenvalue weighted by molar-refractivity contribution is 8.01. The molecule has 3 aromatic rings. The third kappa shape index (κ3) is 5.38. The minimum Gasteiger partial charge on any atom is -0.326 e. The number of nitrogens with one attached hydrogen (secondary N) is 2. The number of hydrogen-bond donors (Lipinski definition) is 2. The van der Waals surface area contributed by atoms with Crippen molar-refractivity contribution < 1.29 is 9.59 Å². The summed E-state index contributed by atoms with van der Waals surface area (Å²) in [6.07, 6.45) is 0. The molecule has 27 heavy (non-hydrogen) atoms. The van der Waals surface area contributed by atoms with Crippen molar-refractivity contribution in [3.8, 4) is 0 Å². The van der Waals surface area contributed by atoms with E-state index in [1.807, 2.05) is 42.5 Å². The van der Waals surface area contributed by atoms with E-state index in [4.69, 9.17) is 0 Å². The van der Waals surface area contributed by atoms with Gasteiger partial charge in [0.15, 0.2) is 4.34 Å². The summed E-state index contributed by atoms with van der Waals surface area (Å²) in [4.78, 5) is 27.7. The van der Waals surface area contributed by atoms with Crippen molar-refractivity contribution in [2.75, 3.05) is 11.1 Å². The van der Waals surface area contributed by atoms with Crippen LogP contribution >= 0.6 is 23.1 Å². The first-order valence-corrected chi connectivity index (χ1v) is 10.0. The molecule has 0 aliphatic carbocycles. The average molecular weight is 399 g/mol. The number of fused-ring (bicyclic) bond motifs is 1. The van der Waals surface area contributed by atoms with Crippen LogP contribution < -0.4 is 10.7 Å². The number of nitrogens with zero attached hydrogens (tertiary/aromatic N) is 2. The first-order valence-electron chi connectivity index (χ1n) is 8.21. The van der Waals surface area contributed by atoms with Gasteiger partial charge in [0, 0.05) is 12.6 Å². The van der Waals surface area contributed by atoms with Crippen LogP contribution in [0.2, 0.25) is 0 Å². The van der Waals surface area contributed by atoms with Crippen LogP contribution in [-0.4, -0.2) is 28.3 Å². The summed E-state index contributed by atoms with van der Waals surface area (Å²) in [6, 6.07) is 15.2. The van der Waals surface area contributed by atoms with Gasteiger partial charge in [-0.25, -0.2) is 10.4 Å². The van der Waals surface area contributed by atoms with Gasteiger partial charge < -0.3 is 5.32 Å². The summed E-state index contributed by atoms with van der Waals surface area (Å²) < 4.78 is 1.96. The zero-order valence-electron chi connectivity index (χ0n) is 14.9. The second kappa shape index (κ2) is 8.79. The Labute approximate surface area is 165 Å². The lowest BCUT2D eigenvalue weighted by Crippen LogP contribution is -2.21. The molecule has 0 radical (unpaired) electrons. The molecule has 0 saturated carbocycles. The number of hydrazone groups is 1. The van der Waals surface area contributed by atoms with Gasteiger partial charge in [0.25, 0.3) is 5.91 Å². The summed E-state index contributed by atoms with van der Waals surface area (Å²) in [5, 5.41) is 6.87. The van der Waals surface area contributed by atoms with Crippen molar-refractivity contribution in [2.24, 2.45) is 5.10 Å². The molecule has 1 heterocycles. The Bertz CT molecular complexity index is 981. The van der Waals surface area contributed by atoms with Gasteiger partial charge in [-0.05, 0) is 36.8 Å². The minimum atomic E-state index is -0.198. The quantitative estimate of drug-likeness (QED) is 0.375. The average Bonchev–Trinajstić information content (AvgIpc) is 3.07. The molecular weight excluding hydrogens is 380 g/mol. The Balaban J connectivity index is 1.56. The minimum absolute atomic E-state index is 0.137. The van der Waals surface area contributed by atoms with E-state index in [1.54, 1.807) is 24.3 Å². The van der Waals surface area contributed by atoms with Crippen LogP contribution in [0.5, 0.6) is 0 Å². The second-order valence-corrected chi connectivity index (χ2v) is 7.98. The van der Waals surface area contributed by atoms with Gasteiger partial charge in [-0.15, -0.1) is 11.3 Å². The molecule has 0 unspecified atom stereocenters. The number of thioether (sulfide) groups is 1. The number of para-hydroxylation sites is 1. The molecule has 2 N–H and O–H groups in total. The van der Waals surface area contributed by atoms with Crippen molar-refractivity contribution >= 4 is 56.5 Å². The van der Waals surface area contributed by atoms with Gasteiger partial charge in [-0.1, -0.05) is 36.0 Å². The number of anilines is 1. The Morgan fingerprint density at radius 3 is 2.74 bits per heavy atom. The number of benzene rings is 2. The number of carbonyl (C=O) groups is 2. The van der Waals surface area contributed by atoms with E-state index in [0.29, 0.717) is 11.4 Å². The molecule has 0 saturated heterocycles. The largest absolute Gasteiger partial charge is 0.326 e. The first kappa shape index (κ1) is 19.1. The summed E-state index contributed by atoms with van der Waals surface area (Å²) in [6.45, 7) is 3.25. The van der Waals surface area contributed by atoms with E-state index in [0.717, 1.165) is 20.1 Å². The van der Waals surface area contributed by atoms with Crippen LogP contribution in [0, 0.1) is 0 Å². The van der Waals surface area contributed by atoms with Gasteiger partial charge in [0.05, 0.1) is 21.7 Å². The fraction of sp³-hybridized carbons (Fsp3) is 0.158. The van der Waals surface area contributed by atoms with Crippen molar-refractivity contribution in [3.05, 3.63) is 54.1 Å². The smallest absolute Gasteiger partial charge is 0.250 e. The topological polar surface area (TPSA) is 83.5 Å². The summed E-state index contributed by atoms with van der Waals surface area (Å²) in [5.41, 5.74) is 5.67. The third-order valence-electron chi connectivity index (χ3n) is 3.55. The maximum absolute atomic E-state index is 12.1. The van der Waals surface area contributed by atoms with E-state index in [-0.39, 0.29) is 17.6 Å². The van der Waals surface area contributed by atoms with Crippen LogP contribution in [-0.2, 0) is 9.59 Å². The van der Waals surface area contributed by atoms with E-state index in [9.17, 15) is 9.59 Å². The molecule has 2 amide bonds. The third-order valence-corrected chi connectivity index (χ3v) is 5.73. The molecule has 0 fully saturated rings. The number of hydrogen-bond acceptors (Lipinski definition) is 6. The zero-order valence-corrected chi connectivity index (χ0v) is 16.5. The van der Waals surface area contributed by atoms with Crippen LogP contribution in [0.3, 0.4) is 0 Å². The molecule has 0 aliphatic rings. The first-order chi connectivity index (χ1) is 13.0. The lowest BCUT2D eigenvalue weighted by Gasteiger charge is -2.06. The highest BCUT2D eigenvalue weighted by atomic mass is 32.2. The van der Waals surface area contributed by atoms with E-state index in [1.165, 1.54) is 18.7 Å². The van der Waals surface area contributed by atoms with Gasteiger partial charge in [-0.3, -0.25) is 9.59 Å². The molecule has 6 nitrogen and oxygen atoms in total. The lowest BCUT2D eigenvalue weighted by molar-refractivity contribution is -0.118. The number of carbonyl (C=O) groups excluding carboxylic acids is 2. The van der Waals surface area contributed by atoms with E-state index < -0.39 is 0 Å². The maximum Gasteiger partial charge on any atom is 0.250 e. The highest BCUT2D eigenvalue weighted by Crippen LogP contribution is 2.29. The molecule has 1 aromatic heterocycles. The van der Waals surface area contributed by atoms with Crippen molar-refractivity contribution in [2.45, 2.75) is 18.2 Å². The Morgan fingerprint density at radius 1 is 1.15 bits per heavy atom. The van der Waals surface area contributed by atoms with Crippen LogP contribution in [0.1, 0.15) is 19.4 Å². The maximum atomic E-state index is 12.1. The van der Waals surface area contributed by atoms with Crippen LogP contribution in [0.4, 0.5) is 5.69 Å². The normalized spacial score (nSPS) is 11.4. The van der Waals surface area contributed by atoms with Gasteiger partial charge in [0.2, 0.25) is 5.91 Å². The Morgan fingerprint density at radius 2 is 1.96 bits per heavy atom. The predicted molar refractivity (Wildman–Crippen MR) is 111 cm³/mol. The van der Waals surface area contributed by atoms with Crippen LogP contribution in [0.15, 0.2) is 58.0 Å². The Hall–Kier alpha value is -2.71. The summed E-state index contributed by atoms with van der Waals surface area (Å²) >= 11 is 2.96. The number of thiazole rings is 1. The molecule has 3 rings (SSSR count). The lowest BCUT2D eigenvalue weighted by atomic mass is 10.1. The molecule has 138 valence electrons. The highest BCUT2D eigenvalue weighted by Gasteiger charge is 2.08. The fourth-order valence-electron chi connectivity index (χ4n) is 2.31. The standard InChI is InChI=1S/C19H18N4O2S2/c1-12(14-6-5-7-15(10-14)20-13(2)24)22-23-18(25)11-26-19-21-16-8-3-4-9-17(16)27-19/h3-10H,11H2,1-2H3,(H,20,24)(H,23,25)/b22-12+. The van der Waals surface area contributed by atoms with Gasteiger partial charge >= 0.3 is 0 Å². The Kier molecular flexibility index (Phi) is 6.20. The fourth-order valence-corrected chi connectivity index (χ4v) is 4.17. The number of aromatic nitrogens is 1. The van der Waals surface area contributed by atoms with Crippen molar-refractivity contribution in [1.29, 1.82) is 0 Å². The number of rotatable bonds is 6. The molecule has 0 spiro atoms. The van der Waals surface area contributed by atoms with Gasteiger partial charge in [0.1, 0.15) is 0 Å². The van der Waals surface area contributed by atoms with E-state index >= 15 is 0 Å². The molecule has 0 aliphatic heterocycles. The van der Waals surface area contributed by atoms with Crippen molar-refractivity contribution in [3.63, 3.8) is 0 Å². The number of amides is 2. The van der Waals surface area contributed by atoms with Gasteiger partial charge in [-0.2, -0.15) is 5.10 Å². The molecule has 0 bridgehead atoms. The SMILES string of the molecule is CC(=O)Nc1cccc(/C(C)=N/NC(=O)CSc2nc3ccccc3s2)c1. The van der Waals surface area contributed by atoms with E-state index in [2.05, 4.69) is 20.8 Å². The molecule has 2 aromatic carbocycles. The van der Waals surface area contributed by atoms with Crippen LogP contribution in [0.25, 0.3) is 10.2 Å². The zero-order chi connectivity index (χ0) is 19.2. The predicted octanol–water partition coefficient (Wildman–Crippen LogP) is 3.89.